The fourth-order valence-electron chi connectivity index (χ4n) is 2.22. The fourth-order valence-corrected chi connectivity index (χ4v) is 3.72. The van der Waals surface area contributed by atoms with E-state index >= 15 is 0 Å². The molecule has 0 bridgehead atoms. The molecule has 2 aromatic carbocycles. The lowest BCUT2D eigenvalue weighted by molar-refractivity contribution is 0.0792. The Morgan fingerprint density at radius 2 is 1.55 bits per heavy atom. The molecule has 102 valence electrons. The van der Waals surface area contributed by atoms with Gasteiger partial charge in [0.15, 0.2) is 0 Å². The average molecular weight is 289 g/mol. The first-order valence-electron chi connectivity index (χ1n) is 5.94. The van der Waals surface area contributed by atoms with Crippen LogP contribution in [0.25, 0.3) is 0 Å². The molecule has 2 aromatic rings. The number of aliphatic hydroxyl groups excluding tert-OH is 1. The first kappa shape index (κ1) is 12.8. The second-order valence-electron chi connectivity index (χ2n) is 4.37. The third-order valence-corrected chi connectivity index (χ3v) is 4.95. The Morgan fingerprint density at radius 1 is 0.950 bits per heavy atom. The van der Waals surface area contributed by atoms with E-state index in [1.807, 2.05) is 0 Å². The van der Waals surface area contributed by atoms with Crippen LogP contribution in [0.15, 0.2) is 59.5 Å². The molecule has 0 saturated carbocycles. The number of nitrogens with zero attached hydrogens (tertiary/aromatic N) is 1. The van der Waals surface area contributed by atoms with Crippen molar-refractivity contribution in [2.45, 2.75) is 11.1 Å². The van der Waals surface area contributed by atoms with Crippen molar-refractivity contribution in [1.82, 2.24) is 0 Å². The van der Waals surface area contributed by atoms with Gasteiger partial charge >= 0.3 is 0 Å². The minimum Gasteiger partial charge on any atom is -0.366 e. The topological polar surface area (TPSA) is 74.7 Å². The molecular formula is C14H11NO4S. The molecule has 0 aromatic heterocycles. The molecule has 1 unspecified atom stereocenters. The highest BCUT2D eigenvalue weighted by Gasteiger charge is 2.43. The van der Waals surface area contributed by atoms with Crippen molar-refractivity contribution >= 4 is 21.5 Å². The van der Waals surface area contributed by atoms with E-state index in [0.29, 0.717) is 0 Å². The molecule has 0 radical (unpaired) electrons. The molecule has 1 heterocycles. The summed E-state index contributed by atoms with van der Waals surface area (Å²) in [4.78, 5) is 12.0. The van der Waals surface area contributed by atoms with Gasteiger partial charge in [0.25, 0.3) is 10.0 Å². The maximum absolute atomic E-state index is 12.6. The summed E-state index contributed by atoms with van der Waals surface area (Å²) in [5.41, 5.74) is 0.411. The highest BCUT2D eigenvalue weighted by atomic mass is 32.2. The first-order chi connectivity index (χ1) is 9.53. The Balaban J connectivity index is 2.18. The van der Waals surface area contributed by atoms with Crippen LogP contribution in [0, 0.1) is 0 Å². The van der Waals surface area contributed by atoms with Crippen molar-refractivity contribution in [3.05, 3.63) is 60.2 Å². The van der Waals surface area contributed by atoms with Crippen molar-refractivity contribution in [2.24, 2.45) is 0 Å². The van der Waals surface area contributed by atoms with E-state index in [9.17, 15) is 18.3 Å². The van der Waals surface area contributed by atoms with Crippen LogP contribution in [0.1, 0.15) is 10.4 Å². The number of fused-ring (bicyclic) bond motifs is 1. The van der Waals surface area contributed by atoms with Gasteiger partial charge in [0.05, 0.1) is 10.6 Å². The number of aliphatic hydroxyl groups is 1. The lowest BCUT2D eigenvalue weighted by atomic mass is 10.1. The second-order valence-corrected chi connectivity index (χ2v) is 6.18. The molecule has 0 fully saturated rings. The van der Waals surface area contributed by atoms with E-state index in [1.165, 1.54) is 24.3 Å². The number of rotatable bonds is 2. The Labute approximate surface area is 116 Å². The molecule has 1 N–H and O–H groups in total. The highest BCUT2D eigenvalue weighted by Crippen LogP contribution is 2.35. The minimum atomic E-state index is -3.97. The summed E-state index contributed by atoms with van der Waals surface area (Å²) in [7, 11) is -3.97. The summed E-state index contributed by atoms with van der Waals surface area (Å²) in [5.74, 6) is -0.611. The maximum Gasteiger partial charge on any atom is 0.266 e. The zero-order chi connectivity index (χ0) is 14.3. The summed E-state index contributed by atoms with van der Waals surface area (Å²) >= 11 is 0. The van der Waals surface area contributed by atoms with Crippen LogP contribution in [-0.4, -0.2) is 25.5 Å². The van der Waals surface area contributed by atoms with Gasteiger partial charge in [-0.2, -0.15) is 0 Å². The number of hydrogen-bond donors (Lipinski definition) is 1. The van der Waals surface area contributed by atoms with Crippen LogP contribution >= 0.6 is 0 Å². The van der Waals surface area contributed by atoms with Gasteiger partial charge in [-0.1, -0.05) is 30.3 Å². The fraction of sp³-hybridized carbons (Fsp3) is 0.0714. The van der Waals surface area contributed by atoms with Crippen LogP contribution < -0.4 is 4.31 Å². The predicted molar refractivity (Wildman–Crippen MR) is 72.9 cm³/mol. The molecule has 0 aliphatic carbocycles. The third kappa shape index (κ3) is 1.73. The SMILES string of the molecule is O=C1c2ccccc2N(S(=O)(=O)c2ccccc2)C1O. The van der Waals surface area contributed by atoms with Crippen LogP contribution in [-0.2, 0) is 10.0 Å². The highest BCUT2D eigenvalue weighted by molar-refractivity contribution is 7.93. The molecule has 0 amide bonds. The number of benzene rings is 2. The largest absolute Gasteiger partial charge is 0.366 e. The third-order valence-electron chi connectivity index (χ3n) is 3.16. The zero-order valence-corrected chi connectivity index (χ0v) is 11.1. The molecule has 3 rings (SSSR count). The molecule has 6 heteroatoms. The van der Waals surface area contributed by atoms with Crippen molar-refractivity contribution in [2.75, 3.05) is 4.31 Å². The molecule has 0 spiro atoms. The van der Waals surface area contributed by atoms with Gasteiger partial charge in [-0.3, -0.25) is 4.79 Å². The zero-order valence-electron chi connectivity index (χ0n) is 10.3. The van der Waals surface area contributed by atoms with Crippen LogP contribution in [0.2, 0.25) is 0 Å². The maximum atomic E-state index is 12.6. The Morgan fingerprint density at radius 3 is 2.25 bits per heavy atom. The second kappa shape index (κ2) is 4.43. The number of hydrogen-bond acceptors (Lipinski definition) is 4. The van der Waals surface area contributed by atoms with Gasteiger partial charge in [0.2, 0.25) is 12.0 Å². The average Bonchev–Trinajstić information content (AvgIpc) is 2.73. The number of para-hydroxylation sites is 1. The van der Waals surface area contributed by atoms with E-state index in [0.717, 1.165) is 4.31 Å². The van der Waals surface area contributed by atoms with E-state index in [1.54, 1.807) is 30.3 Å². The normalized spacial score (nSPS) is 18.1. The van der Waals surface area contributed by atoms with E-state index in [4.69, 9.17) is 0 Å². The van der Waals surface area contributed by atoms with Gasteiger partial charge in [0.1, 0.15) is 0 Å². The Hall–Kier alpha value is -2.18. The Kier molecular flexibility index (Phi) is 2.84. The van der Waals surface area contributed by atoms with Gasteiger partial charge in [-0.05, 0) is 24.3 Å². The van der Waals surface area contributed by atoms with Crippen molar-refractivity contribution < 1.29 is 18.3 Å². The van der Waals surface area contributed by atoms with Crippen molar-refractivity contribution in [1.29, 1.82) is 0 Å². The molecule has 20 heavy (non-hydrogen) atoms. The first-order valence-corrected chi connectivity index (χ1v) is 7.38. The number of carbonyl (C=O) groups is 1. The minimum absolute atomic E-state index is 0.0311. The predicted octanol–water partition coefficient (Wildman–Crippen LogP) is 1.40. The summed E-state index contributed by atoms with van der Waals surface area (Å²) in [6.07, 6.45) is -1.71. The van der Waals surface area contributed by atoms with E-state index in [-0.39, 0.29) is 16.1 Å². The molecule has 5 nitrogen and oxygen atoms in total. The summed E-state index contributed by atoms with van der Waals surface area (Å²) < 4.78 is 25.9. The van der Waals surface area contributed by atoms with E-state index < -0.39 is 22.0 Å². The molecule has 1 atom stereocenters. The Bertz CT molecular complexity index is 771. The molecule has 0 saturated heterocycles. The monoisotopic (exact) mass is 289 g/mol. The molecule has 1 aliphatic rings. The van der Waals surface area contributed by atoms with Crippen LogP contribution in [0.3, 0.4) is 0 Å². The van der Waals surface area contributed by atoms with E-state index in [2.05, 4.69) is 0 Å². The van der Waals surface area contributed by atoms with Gasteiger partial charge < -0.3 is 5.11 Å². The number of carbonyl (C=O) groups excluding carboxylic acids is 1. The lowest BCUT2D eigenvalue weighted by Gasteiger charge is -2.22. The summed E-state index contributed by atoms with van der Waals surface area (Å²) in [5, 5.41) is 9.97. The lowest BCUT2D eigenvalue weighted by Crippen LogP contribution is -2.39. The van der Waals surface area contributed by atoms with Gasteiger partial charge in [-0.25, -0.2) is 12.7 Å². The quantitative estimate of drug-likeness (QED) is 0.906. The van der Waals surface area contributed by atoms with Crippen LogP contribution in [0.4, 0.5) is 5.69 Å². The molecular weight excluding hydrogens is 278 g/mol. The van der Waals surface area contributed by atoms with Crippen LogP contribution in [0.5, 0.6) is 0 Å². The summed E-state index contributed by atoms with van der Waals surface area (Å²) in [6.45, 7) is 0. The number of ketones is 1. The summed E-state index contributed by atoms with van der Waals surface area (Å²) in [6, 6.07) is 14.0. The smallest absolute Gasteiger partial charge is 0.266 e. The standard InChI is InChI=1S/C14H11NO4S/c16-13-11-8-4-5-9-12(11)15(14(13)17)20(18,19)10-6-2-1-3-7-10/h1-9,14,17H. The van der Waals surface area contributed by atoms with Crippen molar-refractivity contribution in [3.63, 3.8) is 0 Å². The van der Waals surface area contributed by atoms with Gasteiger partial charge in [0, 0.05) is 5.56 Å². The number of anilines is 1. The number of sulfonamides is 1. The molecule has 1 aliphatic heterocycles. The number of Topliss-reactive ketones (excluding diaryl/α,β-unsaturated/α-hetero) is 1. The van der Waals surface area contributed by atoms with Crippen molar-refractivity contribution in [3.8, 4) is 0 Å². The van der Waals surface area contributed by atoms with Gasteiger partial charge in [-0.15, -0.1) is 0 Å².